The molecule has 3 heteroatoms. The second-order valence-electron chi connectivity index (χ2n) is 19.3. The Balaban J connectivity index is 0.972. The minimum Gasteiger partial charge on any atom is -0.309 e. The Labute approximate surface area is 439 Å². The molecule has 0 saturated heterocycles. The summed E-state index contributed by atoms with van der Waals surface area (Å²) in [5, 5.41) is 4.91. The molecule has 0 radical (unpaired) electrons. The summed E-state index contributed by atoms with van der Waals surface area (Å²) < 4.78 is 4.95. The number of nitrogens with zero attached hydrogens (tertiary/aromatic N) is 2. The zero-order valence-electron chi connectivity index (χ0n) is 41.2. The third kappa shape index (κ3) is 7.51. The van der Waals surface area contributed by atoms with Gasteiger partial charge in [0, 0.05) is 52.5 Å². The molecule has 12 aromatic carbocycles. The average Bonchev–Trinajstić information content (AvgIpc) is 4.02. The van der Waals surface area contributed by atoms with Gasteiger partial charge in [-0.3, -0.25) is 0 Å². The Morgan fingerprint density at radius 3 is 1.24 bits per heavy atom. The minimum atomic E-state index is -2.13. The lowest BCUT2D eigenvalue weighted by atomic mass is 9.96. The van der Waals surface area contributed by atoms with E-state index in [-0.39, 0.29) is 0 Å². The number of fused-ring (bicyclic) bond motifs is 6. The number of para-hydroxylation sites is 2. The van der Waals surface area contributed by atoms with Gasteiger partial charge >= 0.3 is 0 Å². The van der Waals surface area contributed by atoms with Crippen molar-refractivity contribution < 1.29 is 0 Å². The van der Waals surface area contributed by atoms with Crippen LogP contribution in [0.15, 0.2) is 323 Å². The zero-order chi connectivity index (χ0) is 49.7. The molecule has 75 heavy (non-hydrogen) atoms. The fraction of sp³-hybridized carbons (Fsp3) is 0. The van der Waals surface area contributed by atoms with Gasteiger partial charge in [-0.05, 0) is 142 Å². The van der Waals surface area contributed by atoms with E-state index in [4.69, 9.17) is 0 Å². The van der Waals surface area contributed by atoms with E-state index in [1.54, 1.807) is 0 Å². The molecule has 0 aliphatic carbocycles. The van der Waals surface area contributed by atoms with Crippen LogP contribution in [-0.4, -0.2) is 9.13 Å². The van der Waals surface area contributed by atoms with Crippen molar-refractivity contribution in [2.24, 2.45) is 0 Å². The molecule has 0 atom stereocenters. The van der Waals surface area contributed by atoms with Crippen LogP contribution in [0.5, 0.6) is 0 Å². The molecule has 0 fully saturated rings. The number of hydrogen-bond donors (Lipinski definition) is 0. The zero-order valence-corrected chi connectivity index (χ0v) is 42.0. The van der Waals surface area contributed by atoms with Gasteiger partial charge in [-0.2, -0.15) is 0 Å². The minimum absolute atomic E-state index is 1.12. The highest BCUT2D eigenvalue weighted by molar-refractivity contribution is 8.34. The number of benzene rings is 12. The second-order valence-corrected chi connectivity index (χ2v) is 22.4. The highest BCUT2D eigenvalue weighted by Crippen LogP contribution is 2.74. The standard InChI is InChI=1S/C72H50N2S/c1-5-22-51(23-6-1)54-28-17-31-57(46-54)64-40-21-43-71-72(64)66-39-14-16-42-69(66)74(71)59-44-45-70-67(50-59)65-38-13-15-41-68(65)73(70)58-32-20-37-63(49-58)75(60-33-11-4-12-34-60,61-35-18-29-55(47-61)52-24-7-2-8-25-52)62-36-19-30-56(48-62)53-26-9-3-10-27-53/h1-50H. The molecule has 14 aromatic rings. The molecule has 354 valence electrons. The van der Waals surface area contributed by atoms with Crippen molar-refractivity contribution >= 4 is 53.6 Å². The average molecular weight is 975 g/mol. The van der Waals surface area contributed by atoms with Crippen molar-refractivity contribution in [3.63, 3.8) is 0 Å². The normalized spacial score (nSPS) is 11.9. The van der Waals surface area contributed by atoms with Crippen molar-refractivity contribution in [2.75, 3.05) is 0 Å². The molecule has 0 bridgehead atoms. The van der Waals surface area contributed by atoms with E-state index in [0.29, 0.717) is 0 Å². The van der Waals surface area contributed by atoms with E-state index >= 15 is 0 Å². The molecule has 14 rings (SSSR count). The van der Waals surface area contributed by atoms with Crippen molar-refractivity contribution in [2.45, 2.75) is 19.6 Å². The Morgan fingerprint density at radius 1 is 0.213 bits per heavy atom. The van der Waals surface area contributed by atoms with Crippen LogP contribution in [0.2, 0.25) is 0 Å². The Kier molecular flexibility index (Phi) is 11.0. The number of rotatable bonds is 10. The first kappa shape index (κ1) is 44.3. The molecule has 2 nitrogen and oxygen atoms in total. The first-order valence-electron chi connectivity index (χ1n) is 25.7. The molecule has 0 aliphatic heterocycles. The van der Waals surface area contributed by atoms with Crippen molar-refractivity contribution in [3.8, 4) is 55.9 Å². The second kappa shape index (κ2) is 18.6. The van der Waals surface area contributed by atoms with Crippen LogP contribution in [0.1, 0.15) is 0 Å². The van der Waals surface area contributed by atoms with Crippen LogP contribution in [0.3, 0.4) is 0 Å². The summed E-state index contributed by atoms with van der Waals surface area (Å²) in [7, 11) is -2.13. The molecule has 0 spiro atoms. The first-order chi connectivity index (χ1) is 37.2. The maximum atomic E-state index is 2.48. The molecule has 0 unspecified atom stereocenters. The maximum absolute atomic E-state index is 2.48. The van der Waals surface area contributed by atoms with E-state index in [9.17, 15) is 0 Å². The quantitative estimate of drug-likeness (QED) is 0.129. The van der Waals surface area contributed by atoms with Gasteiger partial charge in [0.15, 0.2) is 0 Å². The predicted molar refractivity (Wildman–Crippen MR) is 317 cm³/mol. The van der Waals surface area contributed by atoms with E-state index in [1.165, 1.54) is 102 Å². The third-order valence-corrected chi connectivity index (χ3v) is 18.9. The van der Waals surface area contributed by atoms with Gasteiger partial charge in [-0.25, -0.2) is 0 Å². The molecule has 0 aliphatic rings. The lowest BCUT2D eigenvalue weighted by molar-refractivity contribution is 1.14. The van der Waals surface area contributed by atoms with E-state index in [0.717, 1.165) is 16.9 Å². The fourth-order valence-corrected chi connectivity index (χ4v) is 15.6. The van der Waals surface area contributed by atoms with E-state index in [2.05, 4.69) is 312 Å². The Morgan fingerprint density at radius 2 is 0.613 bits per heavy atom. The molecule has 2 aromatic heterocycles. The summed E-state index contributed by atoms with van der Waals surface area (Å²) in [6.45, 7) is 0. The van der Waals surface area contributed by atoms with Gasteiger partial charge in [0.1, 0.15) is 0 Å². The SMILES string of the molecule is c1ccc(-c2cccc(-c3cccc4c3c3ccccc3n4-c3ccc4c(c3)c3ccccc3n4-c3cccc(S(c4ccccc4)(c4cccc(-c5ccccc5)c4)c4cccc(-c5ccccc5)c4)c3)c2)cc1. The molecular formula is C72H50N2S. The largest absolute Gasteiger partial charge is 0.309 e. The van der Waals surface area contributed by atoms with Crippen LogP contribution in [0.4, 0.5) is 0 Å². The summed E-state index contributed by atoms with van der Waals surface area (Å²) in [4.78, 5) is 5.10. The van der Waals surface area contributed by atoms with Gasteiger partial charge in [-0.15, -0.1) is 10.0 Å². The predicted octanol–water partition coefficient (Wildman–Crippen LogP) is 19.9. The van der Waals surface area contributed by atoms with Crippen LogP contribution in [0, 0.1) is 0 Å². The highest BCUT2D eigenvalue weighted by Gasteiger charge is 2.34. The van der Waals surface area contributed by atoms with Gasteiger partial charge < -0.3 is 9.13 Å². The fourth-order valence-electron chi connectivity index (χ4n) is 11.7. The Hall–Kier alpha value is -9.41. The summed E-state index contributed by atoms with van der Waals surface area (Å²) in [5.41, 5.74) is 16.6. The van der Waals surface area contributed by atoms with Crippen LogP contribution >= 0.6 is 10.0 Å². The molecule has 2 heterocycles. The summed E-state index contributed by atoms with van der Waals surface area (Å²) in [6.07, 6.45) is 0. The molecule has 0 N–H and O–H groups in total. The van der Waals surface area contributed by atoms with Gasteiger partial charge in [-0.1, -0.05) is 206 Å². The van der Waals surface area contributed by atoms with E-state index in [1.807, 2.05) is 0 Å². The van der Waals surface area contributed by atoms with Crippen LogP contribution in [0.25, 0.3) is 99.5 Å². The first-order valence-corrected chi connectivity index (χ1v) is 27.4. The monoisotopic (exact) mass is 974 g/mol. The number of hydrogen-bond acceptors (Lipinski definition) is 0. The summed E-state index contributed by atoms with van der Waals surface area (Å²) >= 11 is 0. The number of aromatic nitrogens is 2. The maximum Gasteiger partial charge on any atom is 0.0547 e. The molecule has 0 amide bonds. The lowest BCUT2D eigenvalue weighted by Crippen LogP contribution is -2.07. The summed E-state index contributed by atoms with van der Waals surface area (Å²) in [6, 6.07) is 112. The van der Waals surface area contributed by atoms with Gasteiger partial charge in [0.2, 0.25) is 0 Å². The Bertz CT molecular complexity index is 4320. The van der Waals surface area contributed by atoms with Crippen molar-refractivity contribution in [3.05, 3.63) is 303 Å². The lowest BCUT2D eigenvalue weighted by Gasteiger charge is -2.42. The third-order valence-electron chi connectivity index (χ3n) is 15.0. The molecule has 0 saturated carbocycles. The van der Waals surface area contributed by atoms with Crippen LogP contribution in [-0.2, 0) is 0 Å². The van der Waals surface area contributed by atoms with Crippen molar-refractivity contribution in [1.29, 1.82) is 0 Å². The molecular weight excluding hydrogens is 925 g/mol. The van der Waals surface area contributed by atoms with Gasteiger partial charge in [0.05, 0.1) is 22.1 Å². The summed E-state index contributed by atoms with van der Waals surface area (Å²) in [5.74, 6) is 0. The highest BCUT2D eigenvalue weighted by atomic mass is 32.3. The topological polar surface area (TPSA) is 9.86 Å². The van der Waals surface area contributed by atoms with Crippen molar-refractivity contribution in [1.82, 2.24) is 9.13 Å². The van der Waals surface area contributed by atoms with E-state index < -0.39 is 10.0 Å². The van der Waals surface area contributed by atoms with Gasteiger partial charge in [0.25, 0.3) is 0 Å². The smallest absolute Gasteiger partial charge is 0.0547 e. The van der Waals surface area contributed by atoms with Crippen LogP contribution < -0.4 is 0 Å².